The highest BCUT2D eigenvalue weighted by atomic mass is 32.1. The Morgan fingerprint density at radius 1 is 1.26 bits per heavy atom. The van der Waals surface area contributed by atoms with Crippen molar-refractivity contribution >= 4 is 39.4 Å². The molecule has 1 aromatic carbocycles. The van der Waals surface area contributed by atoms with Crippen LogP contribution in [0, 0.1) is 0 Å². The van der Waals surface area contributed by atoms with E-state index in [4.69, 9.17) is 0 Å². The number of hydrogen-bond acceptors (Lipinski definition) is 5. The number of rotatable bonds is 5. The summed E-state index contributed by atoms with van der Waals surface area (Å²) in [6.45, 7) is 2.08. The smallest absolute Gasteiger partial charge is 0.250 e. The molecule has 0 radical (unpaired) electrons. The third-order valence-corrected chi connectivity index (χ3v) is 4.14. The van der Waals surface area contributed by atoms with Crippen LogP contribution in [-0.4, -0.2) is 21.1 Å². The first kappa shape index (κ1) is 15.3. The highest BCUT2D eigenvalue weighted by molar-refractivity contribution is 7.15. The van der Waals surface area contributed by atoms with E-state index in [1.807, 2.05) is 30.3 Å². The van der Waals surface area contributed by atoms with Gasteiger partial charge < -0.3 is 0 Å². The molecule has 0 bridgehead atoms. The molecule has 0 aliphatic rings. The summed E-state index contributed by atoms with van der Waals surface area (Å²) in [5.41, 5.74) is 1.78. The molecule has 0 saturated carbocycles. The zero-order valence-electron chi connectivity index (χ0n) is 12.7. The minimum Gasteiger partial charge on any atom is -0.297 e. The van der Waals surface area contributed by atoms with E-state index < -0.39 is 0 Å². The summed E-state index contributed by atoms with van der Waals surface area (Å²) in [6, 6.07) is 9.77. The monoisotopic (exact) mass is 324 g/mol. The van der Waals surface area contributed by atoms with Gasteiger partial charge in [0.15, 0.2) is 0 Å². The van der Waals surface area contributed by atoms with Gasteiger partial charge in [-0.15, -0.1) is 10.2 Å². The summed E-state index contributed by atoms with van der Waals surface area (Å²) in [7, 11) is 0. The molecule has 3 rings (SSSR count). The predicted octanol–water partition coefficient (Wildman–Crippen LogP) is 3.69. The van der Waals surface area contributed by atoms with E-state index in [9.17, 15) is 4.79 Å². The molecule has 5 nitrogen and oxygen atoms in total. The van der Waals surface area contributed by atoms with E-state index in [0.717, 1.165) is 34.3 Å². The van der Waals surface area contributed by atoms with Crippen molar-refractivity contribution in [3.8, 4) is 0 Å². The first-order chi connectivity index (χ1) is 11.3. The molecule has 0 aliphatic carbocycles. The third kappa shape index (κ3) is 3.78. The summed E-state index contributed by atoms with van der Waals surface area (Å²) in [6.07, 6.45) is 6.89. The molecule has 6 heteroatoms. The second kappa shape index (κ2) is 7.11. The molecule has 1 N–H and O–H groups in total. The fraction of sp³-hybridized carbons (Fsp3) is 0.176. The summed E-state index contributed by atoms with van der Waals surface area (Å²) < 4.78 is 0. The van der Waals surface area contributed by atoms with Gasteiger partial charge in [-0.05, 0) is 18.6 Å². The molecule has 2 heterocycles. The number of para-hydroxylation sites is 1. The van der Waals surface area contributed by atoms with Crippen LogP contribution in [0.4, 0.5) is 5.13 Å². The molecular formula is C17H16N4OS. The van der Waals surface area contributed by atoms with Crippen LogP contribution in [0.15, 0.2) is 42.6 Å². The minimum absolute atomic E-state index is 0.225. The normalized spacial score (nSPS) is 11.2. The van der Waals surface area contributed by atoms with Crippen molar-refractivity contribution in [1.29, 1.82) is 0 Å². The number of aryl methyl sites for hydroxylation is 1. The van der Waals surface area contributed by atoms with Gasteiger partial charge in [-0.25, -0.2) is 0 Å². The largest absolute Gasteiger partial charge is 0.297 e. The third-order valence-electron chi connectivity index (χ3n) is 3.24. The Morgan fingerprint density at radius 2 is 2.13 bits per heavy atom. The zero-order valence-corrected chi connectivity index (χ0v) is 13.5. The number of nitrogens with zero attached hydrogens (tertiary/aromatic N) is 3. The lowest BCUT2D eigenvalue weighted by molar-refractivity contribution is -0.111. The van der Waals surface area contributed by atoms with Gasteiger partial charge in [0.1, 0.15) is 5.01 Å². The Bertz CT molecular complexity index is 851. The SMILES string of the molecule is CCCc1nnc(NC(=O)/C=C/c2cccc3cccnc23)s1. The van der Waals surface area contributed by atoms with Gasteiger partial charge >= 0.3 is 0 Å². The Kier molecular flexibility index (Phi) is 4.73. The molecule has 1 amide bonds. The number of benzene rings is 1. The minimum atomic E-state index is -0.225. The van der Waals surface area contributed by atoms with Crippen LogP contribution >= 0.6 is 11.3 Å². The molecule has 0 unspecified atom stereocenters. The number of anilines is 1. The van der Waals surface area contributed by atoms with Crippen molar-refractivity contribution in [2.24, 2.45) is 0 Å². The van der Waals surface area contributed by atoms with E-state index in [-0.39, 0.29) is 5.91 Å². The summed E-state index contributed by atoms with van der Waals surface area (Å²) in [4.78, 5) is 16.4. The molecule has 2 aromatic heterocycles. The van der Waals surface area contributed by atoms with Crippen molar-refractivity contribution in [3.63, 3.8) is 0 Å². The number of carbonyl (C=O) groups excluding carboxylic acids is 1. The quantitative estimate of drug-likeness (QED) is 0.727. The summed E-state index contributed by atoms with van der Waals surface area (Å²) in [5, 5.41) is 13.3. The first-order valence-electron chi connectivity index (χ1n) is 7.41. The van der Waals surface area contributed by atoms with Gasteiger partial charge in [-0.2, -0.15) is 0 Å². The standard InChI is InChI=1S/C17H16N4OS/c1-2-5-15-20-21-17(23-15)19-14(22)10-9-13-7-3-6-12-8-4-11-18-16(12)13/h3-4,6-11H,2,5H2,1H3,(H,19,21,22)/b10-9+. The van der Waals surface area contributed by atoms with Crippen LogP contribution in [0.3, 0.4) is 0 Å². The van der Waals surface area contributed by atoms with Crippen LogP contribution in [0.5, 0.6) is 0 Å². The molecular weight excluding hydrogens is 308 g/mol. The summed E-state index contributed by atoms with van der Waals surface area (Å²) in [5.74, 6) is -0.225. The molecule has 0 saturated heterocycles. The fourth-order valence-electron chi connectivity index (χ4n) is 2.19. The van der Waals surface area contributed by atoms with Gasteiger partial charge in [-0.3, -0.25) is 15.1 Å². The number of pyridine rings is 1. The molecule has 0 fully saturated rings. The molecule has 116 valence electrons. The van der Waals surface area contributed by atoms with Gasteiger partial charge in [0, 0.05) is 29.6 Å². The lowest BCUT2D eigenvalue weighted by Crippen LogP contribution is -2.07. The van der Waals surface area contributed by atoms with E-state index in [1.54, 1.807) is 12.3 Å². The van der Waals surface area contributed by atoms with Crippen LogP contribution in [0.1, 0.15) is 23.9 Å². The average molecular weight is 324 g/mol. The first-order valence-corrected chi connectivity index (χ1v) is 8.23. The number of nitrogens with one attached hydrogen (secondary N) is 1. The van der Waals surface area contributed by atoms with Crippen LogP contribution in [0.25, 0.3) is 17.0 Å². The maximum Gasteiger partial charge on any atom is 0.250 e. The van der Waals surface area contributed by atoms with Crippen LogP contribution in [0.2, 0.25) is 0 Å². The molecule has 0 aliphatic heterocycles. The number of amides is 1. The van der Waals surface area contributed by atoms with Gasteiger partial charge in [-0.1, -0.05) is 42.5 Å². The van der Waals surface area contributed by atoms with E-state index in [0.29, 0.717) is 5.13 Å². The van der Waals surface area contributed by atoms with E-state index in [1.165, 1.54) is 17.4 Å². The molecule has 0 spiro atoms. The highest BCUT2D eigenvalue weighted by Gasteiger charge is 2.06. The summed E-state index contributed by atoms with van der Waals surface area (Å²) >= 11 is 1.41. The maximum atomic E-state index is 12.0. The lowest BCUT2D eigenvalue weighted by atomic mass is 10.1. The number of fused-ring (bicyclic) bond motifs is 1. The molecule has 0 atom stereocenters. The van der Waals surface area contributed by atoms with Gasteiger partial charge in [0.25, 0.3) is 0 Å². The Hall–Kier alpha value is -2.60. The van der Waals surface area contributed by atoms with Crippen molar-refractivity contribution in [2.75, 3.05) is 5.32 Å². The Labute approximate surface area is 138 Å². The number of carbonyl (C=O) groups is 1. The molecule has 3 aromatic rings. The number of aromatic nitrogens is 3. The van der Waals surface area contributed by atoms with Crippen molar-refractivity contribution in [3.05, 3.63) is 53.2 Å². The fourth-order valence-corrected chi connectivity index (χ4v) is 3.04. The lowest BCUT2D eigenvalue weighted by Gasteiger charge is -2.00. The number of hydrogen-bond donors (Lipinski definition) is 1. The van der Waals surface area contributed by atoms with E-state index in [2.05, 4.69) is 27.4 Å². The maximum absolute atomic E-state index is 12.0. The van der Waals surface area contributed by atoms with Crippen LogP contribution < -0.4 is 5.32 Å². The van der Waals surface area contributed by atoms with Crippen molar-refractivity contribution in [2.45, 2.75) is 19.8 Å². The van der Waals surface area contributed by atoms with Crippen LogP contribution in [-0.2, 0) is 11.2 Å². The van der Waals surface area contributed by atoms with Crippen molar-refractivity contribution in [1.82, 2.24) is 15.2 Å². The second-order valence-electron chi connectivity index (χ2n) is 5.00. The average Bonchev–Trinajstić information content (AvgIpc) is 3.00. The second-order valence-corrected chi connectivity index (χ2v) is 6.06. The van der Waals surface area contributed by atoms with Gasteiger partial charge in [0.2, 0.25) is 11.0 Å². The molecule has 23 heavy (non-hydrogen) atoms. The zero-order chi connectivity index (χ0) is 16.1. The topological polar surface area (TPSA) is 67.8 Å². The van der Waals surface area contributed by atoms with E-state index >= 15 is 0 Å². The Morgan fingerprint density at radius 3 is 3.00 bits per heavy atom. The highest BCUT2D eigenvalue weighted by Crippen LogP contribution is 2.18. The Balaban J connectivity index is 1.72. The van der Waals surface area contributed by atoms with Gasteiger partial charge in [0.05, 0.1) is 5.52 Å². The predicted molar refractivity (Wildman–Crippen MR) is 93.3 cm³/mol. The van der Waals surface area contributed by atoms with Crippen molar-refractivity contribution < 1.29 is 4.79 Å².